The summed E-state index contributed by atoms with van der Waals surface area (Å²) in [6.45, 7) is 3.97. The average Bonchev–Trinajstić information content (AvgIpc) is 2.29. The summed E-state index contributed by atoms with van der Waals surface area (Å²) in [6.07, 6.45) is 0. The summed E-state index contributed by atoms with van der Waals surface area (Å²) in [6, 6.07) is 10.0. The second-order valence-electron chi connectivity index (χ2n) is 3.03. The Morgan fingerprint density at radius 2 is 1.93 bits per heavy atom. The Balaban J connectivity index is 1.93. The third kappa shape index (κ3) is 6.23. The van der Waals surface area contributed by atoms with Crippen molar-refractivity contribution >= 4 is 0 Å². The van der Waals surface area contributed by atoms with Gasteiger partial charge in [-0.2, -0.15) is 0 Å². The molecule has 0 saturated carbocycles. The third-order valence-electron chi connectivity index (χ3n) is 1.83. The van der Waals surface area contributed by atoms with Crippen LogP contribution in [-0.4, -0.2) is 26.9 Å². The van der Waals surface area contributed by atoms with Gasteiger partial charge < -0.3 is 14.2 Å². The molecule has 3 nitrogen and oxygen atoms in total. The van der Waals surface area contributed by atoms with Crippen LogP contribution >= 0.6 is 0 Å². The van der Waals surface area contributed by atoms with E-state index in [1.807, 2.05) is 30.3 Å². The van der Waals surface area contributed by atoms with Gasteiger partial charge in [-0.1, -0.05) is 30.3 Å². The maximum absolute atomic E-state index is 5.31. The largest absolute Gasteiger partial charge is 0.382 e. The zero-order valence-electron chi connectivity index (χ0n) is 9.02. The van der Waals surface area contributed by atoms with Crippen LogP contribution in [0.4, 0.5) is 0 Å². The van der Waals surface area contributed by atoms with E-state index in [-0.39, 0.29) is 0 Å². The fourth-order valence-electron chi connectivity index (χ4n) is 1.05. The highest BCUT2D eigenvalue weighted by atomic mass is 16.5. The van der Waals surface area contributed by atoms with Gasteiger partial charge in [-0.15, -0.1) is 0 Å². The van der Waals surface area contributed by atoms with E-state index in [0.29, 0.717) is 26.4 Å². The molecule has 1 radical (unpaired) electrons. The molecule has 0 fully saturated rings. The summed E-state index contributed by atoms with van der Waals surface area (Å²) in [5.41, 5.74) is 1.16. The third-order valence-corrected chi connectivity index (χ3v) is 1.83. The Labute approximate surface area is 91.0 Å². The maximum Gasteiger partial charge on any atom is 0.110 e. The van der Waals surface area contributed by atoms with Crippen molar-refractivity contribution in [2.75, 3.05) is 26.9 Å². The smallest absolute Gasteiger partial charge is 0.110 e. The predicted molar refractivity (Wildman–Crippen MR) is 58.2 cm³/mol. The lowest BCUT2D eigenvalue weighted by Crippen LogP contribution is -2.04. The second kappa shape index (κ2) is 8.41. The summed E-state index contributed by atoms with van der Waals surface area (Å²) in [7, 11) is 1.65. The highest BCUT2D eigenvalue weighted by Crippen LogP contribution is 2.01. The van der Waals surface area contributed by atoms with Gasteiger partial charge in [-0.3, -0.25) is 0 Å². The van der Waals surface area contributed by atoms with Gasteiger partial charge in [0.2, 0.25) is 0 Å². The van der Waals surface area contributed by atoms with Crippen LogP contribution in [-0.2, 0) is 20.8 Å². The molecule has 0 aliphatic heterocycles. The minimum Gasteiger partial charge on any atom is -0.382 e. The number of hydrogen-bond acceptors (Lipinski definition) is 3. The maximum atomic E-state index is 5.31. The second-order valence-corrected chi connectivity index (χ2v) is 3.03. The Bertz CT molecular complexity index is 236. The molecule has 83 valence electrons. The summed E-state index contributed by atoms with van der Waals surface area (Å²) in [5.74, 6) is 0. The van der Waals surface area contributed by atoms with Crippen molar-refractivity contribution in [3.8, 4) is 0 Å². The molecule has 0 unspecified atom stereocenters. The highest BCUT2D eigenvalue weighted by Gasteiger charge is 1.92. The van der Waals surface area contributed by atoms with E-state index < -0.39 is 0 Å². The molecule has 0 atom stereocenters. The summed E-state index contributed by atoms with van der Waals surface area (Å²) in [5, 5.41) is 0. The summed E-state index contributed by atoms with van der Waals surface area (Å²) in [4.78, 5) is 0. The van der Waals surface area contributed by atoms with E-state index >= 15 is 0 Å². The van der Waals surface area contributed by atoms with Crippen LogP contribution < -0.4 is 0 Å². The molecular formula is C12H17O3. The fraction of sp³-hybridized carbons (Fsp3) is 0.417. The van der Waals surface area contributed by atoms with Crippen LogP contribution in [0, 0.1) is 6.61 Å². The molecule has 1 aromatic rings. The molecule has 15 heavy (non-hydrogen) atoms. The number of methoxy groups -OCH3 is 1. The van der Waals surface area contributed by atoms with E-state index in [2.05, 4.69) is 0 Å². The lowest BCUT2D eigenvalue weighted by atomic mass is 10.2. The topological polar surface area (TPSA) is 27.7 Å². The lowest BCUT2D eigenvalue weighted by Gasteiger charge is -2.04. The van der Waals surface area contributed by atoms with Crippen molar-refractivity contribution in [3.05, 3.63) is 42.5 Å². The van der Waals surface area contributed by atoms with Gasteiger partial charge in [0.15, 0.2) is 0 Å². The molecule has 0 amide bonds. The number of ether oxygens (including phenoxy) is 3. The summed E-state index contributed by atoms with van der Waals surface area (Å²) >= 11 is 0. The molecule has 0 aliphatic carbocycles. The standard InChI is InChI=1S/C12H17O3/c1-13-7-8-14-9-10-15-11-12-5-3-2-4-6-12/h2-6,10H,7-9,11H2,1H3. The van der Waals surface area contributed by atoms with Crippen molar-refractivity contribution in [2.45, 2.75) is 6.61 Å². The zero-order chi connectivity index (χ0) is 10.8. The highest BCUT2D eigenvalue weighted by molar-refractivity contribution is 5.13. The number of benzene rings is 1. The molecule has 0 aliphatic rings. The molecule has 0 aromatic heterocycles. The SMILES string of the molecule is COCCOC[CH]OCc1ccccc1. The van der Waals surface area contributed by atoms with Crippen LogP contribution in [0.25, 0.3) is 0 Å². The predicted octanol–water partition coefficient (Wildman–Crippen LogP) is 2.03. The first-order valence-corrected chi connectivity index (χ1v) is 4.97. The Morgan fingerprint density at radius 3 is 2.67 bits per heavy atom. The van der Waals surface area contributed by atoms with Gasteiger partial charge in [0.05, 0.1) is 26.4 Å². The zero-order valence-corrected chi connectivity index (χ0v) is 9.02. The van der Waals surface area contributed by atoms with Crippen molar-refractivity contribution in [1.82, 2.24) is 0 Å². The Kier molecular flexibility index (Phi) is 6.83. The van der Waals surface area contributed by atoms with Crippen molar-refractivity contribution in [2.24, 2.45) is 0 Å². The van der Waals surface area contributed by atoms with Crippen LogP contribution in [0.15, 0.2) is 30.3 Å². The van der Waals surface area contributed by atoms with E-state index in [0.717, 1.165) is 5.56 Å². The molecule has 0 bridgehead atoms. The summed E-state index contributed by atoms with van der Waals surface area (Å²) < 4.78 is 15.4. The molecule has 1 aromatic carbocycles. The van der Waals surface area contributed by atoms with Gasteiger partial charge in [0, 0.05) is 7.11 Å². The van der Waals surface area contributed by atoms with Gasteiger partial charge in [0.1, 0.15) is 6.61 Å². The van der Waals surface area contributed by atoms with Gasteiger partial charge in [0.25, 0.3) is 0 Å². The van der Waals surface area contributed by atoms with E-state index in [1.165, 1.54) is 0 Å². The molecular weight excluding hydrogens is 192 g/mol. The minimum absolute atomic E-state index is 0.496. The molecule has 0 spiro atoms. The molecule has 1 rings (SSSR count). The minimum atomic E-state index is 0.496. The van der Waals surface area contributed by atoms with E-state index in [1.54, 1.807) is 13.7 Å². The lowest BCUT2D eigenvalue weighted by molar-refractivity contribution is 0.0501. The first-order valence-electron chi connectivity index (χ1n) is 4.97. The van der Waals surface area contributed by atoms with Crippen molar-refractivity contribution < 1.29 is 14.2 Å². The molecule has 0 N–H and O–H groups in total. The van der Waals surface area contributed by atoms with Crippen molar-refractivity contribution in [3.63, 3.8) is 0 Å². The Morgan fingerprint density at radius 1 is 1.13 bits per heavy atom. The van der Waals surface area contributed by atoms with Crippen LogP contribution in [0.3, 0.4) is 0 Å². The molecule has 0 heterocycles. The fourth-order valence-corrected chi connectivity index (χ4v) is 1.05. The molecule has 3 heteroatoms. The first kappa shape index (κ1) is 12.2. The van der Waals surface area contributed by atoms with Gasteiger partial charge in [-0.25, -0.2) is 0 Å². The molecule has 0 saturated heterocycles. The number of hydrogen-bond donors (Lipinski definition) is 0. The van der Waals surface area contributed by atoms with Crippen LogP contribution in [0.1, 0.15) is 5.56 Å². The van der Waals surface area contributed by atoms with Gasteiger partial charge in [-0.05, 0) is 5.56 Å². The van der Waals surface area contributed by atoms with Crippen LogP contribution in [0.2, 0.25) is 0 Å². The van der Waals surface area contributed by atoms with E-state index in [9.17, 15) is 0 Å². The van der Waals surface area contributed by atoms with Crippen molar-refractivity contribution in [1.29, 1.82) is 0 Å². The first-order chi connectivity index (χ1) is 7.43. The average molecular weight is 209 g/mol. The number of rotatable bonds is 8. The van der Waals surface area contributed by atoms with Gasteiger partial charge >= 0.3 is 0 Å². The normalized spacial score (nSPS) is 10.5. The van der Waals surface area contributed by atoms with Crippen LogP contribution in [0.5, 0.6) is 0 Å². The quantitative estimate of drug-likeness (QED) is 0.613. The Hall–Kier alpha value is -0.900. The van der Waals surface area contributed by atoms with E-state index in [4.69, 9.17) is 14.2 Å². The monoisotopic (exact) mass is 209 g/mol.